The molecule has 11 heteroatoms. The van der Waals surface area contributed by atoms with Crippen LogP contribution in [0, 0.1) is 5.82 Å². The second-order valence-electron chi connectivity index (χ2n) is 5.98. The lowest BCUT2D eigenvalue weighted by Crippen LogP contribution is -2.17. The molecule has 1 saturated heterocycles. The van der Waals surface area contributed by atoms with Crippen molar-refractivity contribution in [2.45, 2.75) is 25.4 Å². The lowest BCUT2D eigenvalue weighted by Gasteiger charge is -2.13. The zero-order chi connectivity index (χ0) is 20.3. The largest absolute Gasteiger partial charge is 0.378 e. The minimum atomic E-state index is -2.65. The van der Waals surface area contributed by atoms with E-state index in [-0.39, 0.29) is 32.9 Å². The molecule has 0 bridgehead atoms. The SMILES string of the molecule is FC1CCCOC1.Nc1ncc2c(F)c(Br)c(-c3cc(C(F)F)ccn3)n2n1. The van der Waals surface area contributed by atoms with Gasteiger partial charge in [0.05, 0.1) is 23.0 Å². The van der Waals surface area contributed by atoms with Crippen LogP contribution in [0.2, 0.25) is 0 Å². The van der Waals surface area contributed by atoms with Crippen LogP contribution in [0.1, 0.15) is 24.8 Å². The Labute approximate surface area is 165 Å². The van der Waals surface area contributed by atoms with E-state index in [2.05, 4.69) is 31.0 Å². The Morgan fingerprint density at radius 1 is 1.32 bits per heavy atom. The van der Waals surface area contributed by atoms with E-state index in [1.54, 1.807) is 0 Å². The number of anilines is 1. The first-order chi connectivity index (χ1) is 13.4. The minimum absolute atomic E-state index is 0.0568. The fraction of sp³-hybridized carbons (Fsp3) is 0.353. The summed E-state index contributed by atoms with van der Waals surface area (Å²) in [4.78, 5) is 7.70. The van der Waals surface area contributed by atoms with Gasteiger partial charge >= 0.3 is 0 Å². The molecule has 1 atom stereocenters. The molecule has 0 aromatic carbocycles. The van der Waals surface area contributed by atoms with Crippen molar-refractivity contribution in [1.29, 1.82) is 0 Å². The Morgan fingerprint density at radius 3 is 2.71 bits per heavy atom. The average molecular weight is 462 g/mol. The van der Waals surface area contributed by atoms with Crippen molar-refractivity contribution >= 4 is 27.4 Å². The van der Waals surface area contributed by atoms with E-state index in [9.17, 15) is 17.6 Å². The van der Waals surface area contributed by atoms with E-state index >= 15 is 0 Å². The molecule has 3 aromatic heterocycles. The number of aromatic nitrogens is 4. The predicted octanol–water partition coefficient (Wildman–Crippen LogP) is 4.35. The predicted molar refractivity (Wildman–Crippen MR) is 98.2 cm³/mol. The second-order valence-corrected chi connectivity index (χ2v) is 6.77. The molecule has 0 amide bonds. The van der Waals surface area contributed by atoms with Gasteiger partial charge in [0, 0.05) is 18.4 Å². The van der Waals surface area contributed by atoms with Crippen molar-refractivity contribution in [2.75, 3.05) is 18.9 Å². The van der Waals surface area contributed by atoms with Gasteiger partial charge in [-0.25, -0.2) is 27.1 Å². The summed E-state index contributed by atoms with van der Waals surface area (Å²) in [5.41, 5.74) is 5.68. The lowest BCUT2D eigenvalue weighted by atomic mass is 10.2. The molecule has 4 rings (SSSR count). The summed E-state index contributed by atoms with van der Waals surface area (Å²) in [5.74, 6) is -0.689. The molecule has 2 N–H and O–H groups in total. The number of nitrogens with zero attached hydrogens (tertiary/aromatic N) is 4. The first-order valence-corrected chi connectivity index (χ1v) is 9.12. The van der Waals surface area contributed by atoms with Gasteiger partial charge in [0.2, 0.25) is 5.95 Å². The number of rotatable bonds is 2. The number of alkyl halides is 3. The number of halogens is 5. The van der Waals surface area contributed by atoms with Gasteiger partial charge in [-0.2, -0.15) is 0 Å². The van der Waals surface area contributed by atoms with Crippen LogP contribution in [0.3, 0.4) is 0 Å². The van der Waals surface area contributed by atoms with E-state index in [0.717, 1.165) is 13.0 Å². The Hall–Kier alpha value is -2.27. The van der Waals surface area contributed by atoms with Gasteiger partial charge in [-0.05, 0) is 40.9 Å². The van der Waals surface area contributed by atoms with Crippen molar-refractivity contribution in [1.82, 2.24) is 19.6 Å². The molecule has 6 nitrogen and oxygen atoms in total. The van der Waals surface area contributed by atoms with Crippen molar-refractivity contribution in [2.24, 2.45) is 0 Å². The molecule has 1 fully saturated rings. The summed E-state index contributed by atoms with van der Waals surface area (Å²) >= 11 is 3.08. The van der Waals surface area contributed by atoms with Crippen LogP contribution >= 0.6 is 15.9 Å². The van der Waals surface area contributed by atoms with Gasteiger partial charge in [0.15, 0.2) is 5.82 Å². The molecule has 0 radical (unpaired) electrons. The van der Waals surface area contributed by atoms with Crippen LogP contribution in [0.25, 0.3) is 16.9 Å². The second kappa shape index (κ2) is 8.82. The zero-order valence-electron chi connectivity index (χ0n) is 14.5. The van der Waals surface area contributed by atoms with Crippen molar-refractivity contribution in [3.05, 3.63) is 40.4 Å². The van der Waals surface area contributed by atoms with Crippen molar-refractivity contribution in [3.63, 3.8) is 0 Å². The maximum Gasteiger partial charge on any atom is 0.263 e. The zero-order valence-corrected chi connectivity index (χ0v) is 16.0. The molecule has 0 aliphatic carbocycles. The summed E-state index contributed by atoms with van der Waals surface area (Å²) in [6, 6.07) is 2.37. The number of ether oxygens (including phenoxy) is 1. The lowest BCUT2D eigenvalue weighted by molar-refractivity contribution is 0.0366. The molecular weight excluding hydrogens is 446 g/mol. The van der Waals surface area contributed by atoms with Gasteiger partial charge < -0.3 is 10.5 Å². The third kappa shape index (κ3) is 4.41. The van der Waals surface area contributed by atoms with Crippen LogP contribution in [-0.2, 0) is 4.74 Å². The highest BCUT2D eigenvalue weighted by molar-refractivity contribution is 9.10. The summed E-state index contributed by atoms with van der Waals surface area (Å²) in [7, 11) is 0. The molecule has 150 valence electrons. The molecule has 0 spiro atoms. The number of hydrogen-bond acceptors (Lipinski definition) is 5. The number of nitrogens with two attached hydrogens (primary N) is 1. The highest BCUT2D eigenvalue weighted by Gasteiger charge is 2.21. The smallest absolute Gasteiger partial charge is 0.263 e. The molecule has 1 aliphatic rings. The van der Waals surface area contributed by atoms with E-state index in [4.69, 9.17) is 10.5 Å². The maximum absolute atomic E-state index is 14.1. The van der Waals surface area contributed by atoms with E-state index in [0.29, 0.717) is 13.0 Å². The summed E-state index contributed by atoms with van der Waals surface area (Å²) < 4.78 is 57.8. The van der Waals surface area contributed by atoms with E-state index in [1.165, 1.54) is 29.0 Å². The fourth-order valence-electron chi connectivity index (χ4n) is 2.63. The van der Waals surface area contributed by atoms with Gasteiger partial charge in [-0.1, -0.05) is 0 Å². The quantitative estimate of drug-likeness (QED) is 0.574. The van der Waals surface area contributed by atoms with Gasteiger partial charge in [0.25, 0.3) is 6.43 Å². The number of nitrogen functional groups attached to an aromatic ring is 1. The van der Waals surface area contributed by atoms with Gasteiger partial charge in [-0.15, -0.1) is 5.10 Å². The summed E-state index contributed by atoms with van der Waals surface area (Å²) in [5, 5.41) is 3.89. The van der Waals surface area contributed by atoms with Gasteiger partial charge in [-0.3, -0.25) is 4.98 Å². The maximum atomic E-state index is 14.1. The molecule has 1 aliphatic heterocycles. The Balaban J connectivity index is 0.000000271. The number of hydrogen-bond donors (Lipinski definition) is 1. The monoisotopic (exact) mass is 461 g/mol. The highest BCUT2D eigenvalue weighted by Crippen LogP contribution is 2.34. The van der Waals surface area contributed by atoms with E-state index < -0.39 is 18.4 Å². The first-order valence-electron chi connectivity index (χ1n) is 8.33. The average Bonchev–Trinajstić information content (AvgIpc) is 2.93. The normalized spacial score (nSPS) is 16.9. The Morgan fingerprint density at radius 2 is 2.11 bits per heavy atom. The Kier molecular flexibility index (Phi) is 6.45. The number of fused-ring (bicyclic) bond motifs is 1. The minimum Gasteiger partial charge on any atom is -0.378 e. The molecular formula is C17H16BrF4N5O. The Bertz CT molecular complexity index is 962. The van der Waals surface area contributed by atoms with Crippen LogP contribution in [-0.4, -0.2) is 39.0 Å². The molecule has 28 heavy (non-hydrogen) atoms. The van der Waals surface area contributed by atoms with E-state index in [1.807, 2.05) is 0 Å². The van der Waals surface area contributed by atoms with Crippen molar-refractivity contribution < 1.29 is 22.3 Å². The molecule has 0 saturated carbocycles. The van der Waals surface area contributed by atoms with Crippen molar-refractivity contribution in [3.8, 4) is 11.4 Å². The number of pyridine rings is 1. The standard InChI is InChI=1S/C12H7BrF3N5.C5H9FO/c13-8-9(14)7-4-19-12(17)20-21(7)10(8)6-3-5(11(15)16)1-2-18-6;6-5-2-1-3-7-4-5/h1-4,11H,(H2,17,20);5H,1-4H2. The molecule has 3 aromatic rings. The third-order valence-electron chi connectivity index (χ3n) is 3.97. The van der Waals surface area contributed by atoms with Gasteiger partial charge in [0.1, 0.15) is 17.4 Å². The van der Waals surface area contributed by atoms with Crippen LogP contribution in [0.5, 0.6) is 0 Å². The fourth-order valence-corrected chi connectivity index (χ4v) is 3.20. The first kappa shape index (κ1) is 20.5. The summed E-state index contributed by atoms with van der Waals surface area (Å²) in [6.07, 6.45) is 0.685. The molecule has 1 unspecified atom stereocenters. The van der Waals surface area contributed by atoms with Crippen LogP contribution in [0.15, 0.2) is 29.0 Å². The summed E-state index contributed by atoms with van der Waals surface area (Å²) in [6.45, 7) is 1.07. The van der Waals surface area contributed by atoms with Crippen LogP contribution < -0.4 is 5.73 Å². The topological polar surface area (TPSA) is 78.3 Å². The highest BCUT2D eigenvalue weighted by atomic mass is 79.9. The third-order valence-corrected chi connectivity index (χ3v) is 4.69. The van der Waals surface area contributed by atoms with Crippen LogP contribution in [0.4, 0.5) is 23.5 Å². The molecule has 4 heterocycles.